The van der Waals surface area contributed by atoms with Crippen molar-refractivity contribution in [3.8, 4) is 5.75 Å². The number of aryl methyl sites for hydroxylation is 1. The van der Waals surface area contributed by atoms with Gasteiger partial charge in [-0.25, -0.2) is 12.8 Å². The van der Waals surface area contributed by atoms with Gasteiger partial charge in [0.15, 0.2) is 9.84 Å². The van der Waals surface area contributed by atoms with E-state index in [4.69, 9.17) is 4.74 Å². The van der Waals surface area contributed by atoms with E-state index in [-0.39, 0.29) is 23.9 Å². The molecule has 0 heterocycles. The number of halogens is 1. The maximum absolute atomic E-state index is 12.9. The van der Waals surface area contributed by atoms with Crippen LogP contribution < -0.4 is 4.74 Å². The number of hydrogen-bond acceptors (Lipinski definition) is 3. The molecule has 0 saturated heterocycles. The Morgan fingerprint density at radius 2 is 2.06 bits per heavy atom. The van der Waals surface area contributed by atoms with Gasteiger partial charge in [0.2, 0.25) is 0 Å². The minimum Gasteiger partial charge on any atom is -0.493 e. The van der Waals surface area contributed by atoms with Gasteiger partial charge in [-0.05, 0) is 30.7 Å². The van der Waals surface area contributed by atoms with Gasteiger partial charge in [-0.15, -0.1) is 0 Å². The molecule has 0 aliphatic heterocycles. The molecule has 1 aromatic carbocycles. The van der Waals surface area contributed by atoms with Crippen molar-refractivity contribution >= 4 is 9.84 Å². The lowest BCUT2D eigenvalue weighted by Gasteiger charge is -2.07. The predicted molar refractivity (Wildman–Crippen MR) is 61.0 cm³/mol. The van der Waals surface area contributed by atoms with Crippen LogP contribution in [0.1, 0.15) is 12.5 Å². The monoisotopic (exact) mass is 246 g/mol. The molecule has 1 rings (SSSR count). The van der Waals surface area contributed by atoms with Gasteiger partial charge in [0, 0.05) is 5.75 Å². The van der Waals surface area contributed by atoms with E-state index >= 15 is 0 Å². The van der Waals surface area contributed by atoms with Crippen molar-refractivity contribution in [1.82, 2.24) is 0 Å². The first-order chi connectivity index (χ1) is 7.44. The zero-order valence-electron chi connectivity index (χ0n) is 9.36. The highest BCUT2D eigenvalue weighted by Gasteiger charge is 2.07. The van der Waals surface area contributed by atoms with E-state index in [0.717, 1.165) is 0 Å². The smallest absolute Gasteiger partial charge is 0.153 e. The van der Waals surface area contributed by atoms with E-state index in [1.807, 2.05) is 0 Å². The van der Waals surface area contributed by atoms with Crippen LogP contribution in [0.5, 0.6) is 5.75 Å². The zero-order valence-corrected chi connectivity index (χ0v) is 10.2. The topological polar surface area (TPSA) is 43.4 Å². The highest BCUT2D eigenvalue weighted by molar-refractivity contribution is 7.91. The molecule has 0 aromatic heterocycles. The molecular weight excluding hydrogens is 231 g/mol. The minimum absolute atomic E-state index is 0.0140. The minimum atomic E-state index is -3.01. The van der Waals surface area contributed by atoms with Crippen LogP contribution in [0.3, 0.4) is 0 Å². The number of ether oxygens (including phenoxy) is 1. The first-order valence-corrected chi connectivity index (χ1v) is 6.86. The van der Waals surface area contributed by atoms with E-state index in [0.29, 0.717) is 11.3 Å². The Hall–Kier alpha value is -1.10. The molecule has 0 aliphatic rings. The highest BCUT2D eigenvalue weighted by atomic mass is 32.2. The van der Waals surface area contributed by atoms with Crippen LogP contribution in [-0.2, 0) is 9.84 Å². The van der Waals surface area contributed by atoms with Gasteiger partial charge < -0.3 is 4.74 Å². The van der Waals surface area contributed by atoms with Crippen LogP contribution in [0.15, 0.2) is 18.2 Å². The summed E-state index contributed by atoms with van der Waals surface area (Å²) in [7, 11) is -3.01. The number of hydrogen-bond donors (Lipinski definition) is 0. The molecule has 5 heteroatoms. The Balaban J connectivity index is 2.53. The van der Waals surface area contributed by atoms with Gasteiger partial charge in [0.05, 0.1) is 5.75 Å². The highest BCUT2D eigenvalue weighted by Crippen LogP contribution is 2.15. The molecule has 0 saturated carbocycles. The average Bonchev–Trinajstić information content (AvgIpc) is 2.23. The zero-order chi connectivity index (χ0) is 12.2. The Morgan fingerprint density at radius 1 is 1.38 bits per heavy atom. The maximum atomic E-state index is 12.9. The summed E-state index contributed by atoms with van der Waals surface area (Å²) in [6, 6.07) is 4.34. The maximum Gasteiger partial charge on any atom is 0.153 e. The fraction of sp³-hybridized carbons (Fsp3) is 0.455. The lowest BCUT2D eigenvalue weighted by molar-refractivity contribution is 0.340. The molecule has 0 amide bonds. The summed E-state index contributed by atoms with van der Waals surface area (Å²) < 4.78 is 40.5. The van der Waals surface area contributed by atoms with Crippen molar-refractivity contribution in [3.05, 3.63) is 29.6 Å². The van der Waals surface area contributed by atoms with Crippen molar-refractivity contribution < 1.29 is 17.5 Å². The van der Waals surface area contributed by atoms with Crippen molar-refractivity contribution in [2.75, 3.05) is 18.1 Å². The standard InChI is InChI=1S/C11H15FO3S/c1-3-16(13,14)7-6-15-10-4-5-11(12)9(2)8-10/h4-5,8H,3,6-7H2,1-2H3. The third-order valence-electron chi connectivity index (χ3n) is 2.23. The summed E-state index contributed by atoms with van der Waals surface area (Å²) in [5.74, 6) is 0.289. The molecule has 0 N–H and O–H groups in total. The third-order valence-corrected chi connectivity index (χ3v) is 3.90. The number of benzene rings is 1. The Bertz CT molecular complexity index is 454. The van der Waals surface area contributed by atoms with Crippen molar-refractivity contribution in [1.29, 1.82) is 0 Å². The molecule has 0 spiro atoms. The molecule has 0 atom stereocenters. The molecular formula is C11H15FO3S. The molecule has 0 aliphatic carbocycles. The predicted octanol–water partition coefficient (Wildman–Crippen LogP) is 1.95. The molecule has 3 nitrogen and oxygen atoms in total. The SMILES string of the molecule is CCS(=O)(=O)CCOc1ccc(F)c(C)c1. The summed E-state index contributed by atoms with van der Waals surface area (Å²) in [5, 5.41) is 0. The Kier molecular flexibility index (Phi) is 4.29. The van der Waals surface area contributed by atoms with Crippen LogP contribution in [0, 0.1) is 12.7 Å². The van der Waals surface area contributed by atoms with Crippen molar-refractivity contribution in [2.45, 2.75) is 13.8 Å². The molecule has 0 unspecified atom stereocenters. The summed E-state index contributed by atoms with van der Waals surface area (Å²) in [6.07, 6.45) is 0. The summed E-state index contributed by atoms with van der Waals surface area (Å²) in [6.45, 7) is 3.32. The Morgan fingerprint density at radius 3 is 2.62 bits per heavy atom. The molecule has 90 valence electrons. The average molecular weight is 246 g/mol. The second-order valence-electron chi connectivity index (χ2n) is 3.50. The number of sulfone groups is 1. The first-order valence-electron chi connectivity index (χ1n) is 5.04. The van der Waals surface area contributed by atoms with E-state index < -0.39 is 9.84 Å². The second kappa shape index (κ2) is 5.30. The normalized spacial score (nSPS) is 11.4. The molecule has 0 radical (unpaired) electrons. The van der Waals surface area contributed by atoms with Gasteiger partial charge in [-0.3, -0.25) is 0 Å². The summed E-state index contributed by atoms with van der Waals surface area (Å²) in [5.41, 5.74) is 0.482. The van der Waals surface area contributed by atoms with Crippen molar-refractivity contribution in [3.63, 3.8) is 0 Å². The van der Waals surface area contributed by atoms with Gasteiger partial charge in [0.1, 0.15) is 18.2 Å². The summed E-state index contributed by atoms with van der Waals surface area (Å²) >= 11 is 0. The number of rotatable bonds is 5. The van der Waals surface area contributed by atoms with Crippen LogP contribution >= 0.6 is 0 Å². The van der Waals surface area contributed by atoms with Gasteiger partial charge in [-0.1, -0.05) is 6.92 Å². The first kappa shape index (κ1) is 13.0. The van der Waals surface area contributed by atoms with Crippen LogP contribution in [0.4, 0.5) is 4.39 Å². The fourth-order valence-corrected chi connectivity index (χ4v) is 1.76. The largest absolute Gasteiger partial charge is 0.493 e. The lowest BCUT2D eigenvalue weighted by Crippen LogP contribution is -2.15. The quantitative estimate of drug-likeness (QED) is 0.797. The van der Waals surface area contributed by atoms with Crippen LogP contribution in [0.25, 0.3) is 0 Å². The fourth-order valence-electron chi connectivity index (χ4n) is 1.14. The Labute approximate surface area is 95.2 Å². The molecule has 0 bridgehead atoms. The van der Waals surface area contributed by atoms with Gasteiger partial charge in [-0.2, -0.15) is 0 Å². The third kappa shape index (κ3) is 3.81. The van der Waals surface area contributed by atoms with E-state index in [2.05, 4.69) is 0 Å². The van der Waals surface area contributed by atoms with Crippen LogP contribution in [0.2, 0.25) is 0 Å². The summed E-state index contributed by atoms with van der Waals surface area (Å²) in [4.78, 5) is 0. The molecule has 1 aromatic rings. The van der Waals surface area contributed by atoms with Gasteiger partial charge in [0.25, 0.3) is 0 Å². The van der Waals surface area contributed by atoms with Crippen LogP contribution in [-0.4, -0.2) is 26.5 Å². The lowest BCUT2D eigenvalue weighted by atomic mass is 10.2. The molecule has 16 heavy (non-hydrogen) atoms. The van der Waals surface area contributed by atoms with Crippen molar-refractivity contribution in [2.24, 2.45) is 0 Å². The van der Waals surface area contributed by atoms with Gasteiger partial charge >= 0.3 is 0 Å². The second-order valence-corrected chi connectivity index (χ2v) is 5.97. The molecule has 0 fully saturated rings. The van der Waals surface area contributed by atoms with E-state index in [1.165, 1.54) is 12.1 Å². The van der Waals surface area contributed by atoms with E-state index in [1.54, 1.807) is 19.9 Å². The van der Waals surface area contributed by atoms with E-state index in [9.17, 15) is 12.8 Å².